The maximum atomic E-state index is 12.7. The summed E-state index contributed by atoms with van der Waals surface area (Å²) in [5.74, 6) is -0.0801. The molecule has 0 bridgehead atoms. The first kappa shape index (κ1) is 18.5. The third kappa shape index (κ3) is 3.85. The molecule has 1 aromatic heterocycles. The van der Waals surface area contributed by atoms with Gasteiger partial charge in [0.15, 0.2) is 17.6 Å². The number of para-hydroxylation sites is 2. The van der Waals surface area contributed by atoms with Crippen molar-refractivity contribution >= 4 is 34.5 Å². The first-order chi connectivity index (χ1) is 13.6. The van der Waals surface area contributed by atoms with Gasteiger partial charge in [-0.15, -0.1) is 0 Å². The molecule has 1 fully saturated rings. The van der Waals surface area contributed by atoms with E-state index in [-0.39, 0.29) is 18.4 Å². The van der Waals surface area contributed by atoms with E-state index in [2.05, 4.69) is 15.6 Å². The molecule has 1 aliphatic rings. The molecule has 2 aromatic carbocycles. The monoisotopic (exact) mass is 399 g/mol. The van der Waals surface area contributed by atoms with E-state index < -0.39 is 12.1 Å². The second-order valence-corrected chi connectivity index (χ2v) is 6.82. The Morgan fingerprint density at radius 1 is 1.21 bits per heavy atom. The average Bonchev–Trinajstić information content (AvgIpc) is 3.11. The zero-order valence-electron chi connectivity index (χ0n) is 14.9. The van der Waals surface area contributed by atoms with E-state index in [1.165, 1.54) is 0 Å². The van der Waals surface area contributed by atoms with Crippen molar-refractivity contribution in [1.29, 1.82) is 0 Å². The molecular weight excluding hydrogens is 382 g/mol. The van der Waals surface area contributed by atoms with E-state index >= 15 is 0 Å². The number of benzene rings is 2. The van der Waals surface area contributed by atoms with Crippen molar-refractivity contribution in [2.75, 3.05) is 13.2 Å². The molecule has 2 atom stereocenters. The number of morpholine rings is 1. The molecule has 0 aliphatic carbocycles. The molecule has 0 saturated carbocycles. The Balaban J connectivity index is 1.42. The number of halogens is 1. The molecule has 0 spiro atoms. The number of nitrogens with one attached hydrogen (secondary N) is 2. The van der Waals surface area contributed by atoms with Crippen LogP contribution < -0.4 is 10.6 Å². The summed E-state index contributed by atoms with van der Waals surface area (Å²) in [5, 5.41) is 6.07. The topological polar surface area (TPSA) is 93.5 Å². The first-order valence-corrected chi connectivity index (χ1v) is 9.27. The zero-order valence-corrected chi connectivity index (χ0v) is 15.6. The van der Waals surface area contributed by atoms with E-state index in [4.69, 9.17) is 20.8 Å². The number of carbonyl (C=O) groups is 2. The highest BCUT2D eigenvalue weighted by Gasteiger charge is 2.36. The van der Waals surface area contributed by atoms with Crippen molar-refractivity contribution in [2.24, 2.45) is 0 Å². The van der Waals surface area contributed by atoms with Crippen LogP contribution in [-0.4, -0.2) is 36.1 Å². The summed E-state index contributed by atoms with van der Waals surface area (Å²) >= 11 is 6.24. The maximum Gasteiger partial charge on any atom is 0.251 e. The minimum Gasteiger partial charge on any atom is -0.441 e. The summed E-state index contributed by atoms with van der Waals surface area (Å²) < 4.78 is 11.2. The van der Waals surface area contributed by atoms with Gasteiger partial charge in [0.1, 0.15) is 12.1 Å². The van der Waals surface area contributed by atoms with Gasteiger partial charge in [-0.1, -0.05) is 41.9 Å². The van der Waals surface area contributed by atoms with Crippen LogP contribution in [0.15, 0.2) is 52.9 Å². The number of amides is 2. The van der Waals surface area contributed by atoms with Crippen molar-refractivity contribution in [1.82, 2.24) is 15.6 Å². The molecule has 1 aliphatic heterocycles. The third-order valence-corrected chi connectivity index (χ3v) is 4.83. The van der Waals surface area contributed by atoms with Gasteiger partial charge in [0.25, 0.3) is 5.91 Å². The van der Waals surface area contributed by atoms with Crippen LogP contribution in [0.1, 0.15) is 17.5 Å². The van der Waals surface area contributed by atoms with E-state index in [1.54, 1.807) is 24.3 Å². The van der Waals surface area contributed by atoms with Gasteiger partial charge in [0, 0.05) is 18.0 Å². The molecule has 0 radical (unpaired) electrons. The summed E-state index contributed by atoms with van der Waals surface area (Å²) in [6.07, 6.45) is -0.433. The van der Waals surface area contributed by atoms with Crippen molar-refractivity contribution in [3.05, 3.63) is 65.0 Å². The molecule has 144 valence electrons. The molecule has 3 aromatic rings. The fraction of sp³-hybridized carbons (Fsp3) is 0.250. The van der Waals surface area contributed by atoms with Crippen molar-refractivity contribution in [3.63, 3.8) is 0 Å². The molecule has 7 nitrogen and oxygen atoms in total. The van der Waals surface area contributed by atoms with Crippen LogP contribution >= 0.6 is 11.6 Å². The van der Waals surface area contributed by atoms with Gasteiger partial charge in [-0.25, -0.2) is 4.98 Å². The normalized spacial score (nSPS) is 19.4. The molecule has 2 N–H and O–H groups in total. The van der Waals surface area contributed by atoms with Crippen molar-refractivity contribution in [2.45, 2.75) is 18.6 Å². The molecule has 1 saturated heterocycles. The number of hydrogen-bond acceptors (Lipinski definition) is 5. The molecule has 2 heterocycles. The molecule has 28 heavy (non-hydrogen) atoms. The molecule has 8 heteroatoms. The minimum atomic E-state index is -0.874. The first-order valence-electron chi connectivity index (χ1n) is 8.89. The summed E-state index contributed by atoms with van der Waals surface area (Å²) in [4.78, 5) is 28.8. The van der Waals surface area contributed by atoms with Gasteiger partial charge < -0.3 is 19.8 Å². The highest BCUT2D eigenvalue weighted by molar-refractivity contribution is 6.31. The molecular formula is C20H18ClN3O4. The fourth-order valence-corrected chi connectivity index (χ4v) is 3.42. The van der Waals surface area contributed by atoms with Gasteiger partial charge in [0.2, 0.25) is 5.91 Å². The number of carbonyl (C=O) groups excluding carboxylic acids is 2. The Labute approximate surface area is 166 Å². The minimum absolute atomic E-state index is 0.176. The quantitative estimate of drug-likeness (QED) is 0.687. The highest BCUT2D eigenvalue weighted by atomic mass is 35.5. The predicted octanol–water partition coefficient (Wildman–Crippen LogP) is 2.40. The zero-order chi connectivity index (χ0) is 19.5. The lowest BCUT2D eigenvalue weighted by Crippen LogP contribution is -2.52. The van der Waals surface area contributed by atoms with E-state index in [0.29, 0.717) is 35.0 Å². The van der Waals surface area contributed by atoms with E-state index in [0.717, 1.165) is 5.52 Å². The Morgan fingerprint density at radius 2 is 2.00 bits per heavy atom. The maximum absolute atomic E-state index is 12.7. The summed E-state index contributed by atoms with van der Waals surface area (Å²) in [5.41, 5.74) is 2.12. The summed E-state index contributed by atoms with van der Waals surface area (Å²) in [6.45, 7) is 0.152. The van der Waals surface area contributed by atoms with Gasteiger partial charge >= 0.3 is 0 Å². The van der Waals surface area contributed by atoms with Crippen LogP contribution in [0.5, 0.6) is 0 Å². The molecule has 0 unspecified atom stereocenters. The standard InChI is InChI=1S/C20H18ClN3O4/c21-13-6-2-1-5-12(13)18-19(27-11-16(25)24-18)20(26)22-10-9-17-23-14-7-3-4-8-15(14)28-17/h1-8,18-19H,9-11H2,(H,22,26)(H,24,25)/t18-,19+/m1/s1. The van der Waals surface area contributed by atoms with E-state index in [9.17, 15) is 9.59 Å². The Morgan fingerprint density at radius 3 is 2.82 bits per heavy atom. The lowest BCUT2D eigenvalue weighted by atomic mass is 9.99. The molecule has 2 amide bonds. The Hall–Kier alpha value is -2.90. The third-order valence-electron chi connectivity index (χ3n) is 4.49. The number of aromatic nitrogens is 1. The van der Waals surface area contributed by atoms with Crippen LogP contribution in [0.4, 0.5) is 0 Å². The van der Waals surface area contributed by atoms with Crippen LogP contribution in [0.2, 0.25) is 5.02 Å². The van der Waals surface area contributed by atoms with Gasteiger partial charge in [-0.05, 0) is 23.8 Å². The number of rotatable bonds is 5. The number of fused-ring (bicyclic) bond motifs is 1. The smallest absolute Gasteiger partial charge is 0.251 e. The Bertz CT molecular complexity index is 986. The Kier molecular flexibility index (Phi) is 5.27. The second-order valence-electron chi connectivity index (χ2n) is 6.41. The predicted molar refractivity (Wildman–Crippen MR) is 103 cm³/mol. The summed E-state index contributed by atoms with van der Waals surface area (Å²) in [7, 11) is 0. The number of oxazole rings is 1. The largest absolute Gasteiger partial charge is 0.441 e. The second kappa shape index (κ2) is 8.00. The van der Waals surface area contributed by atoms with Gasteiger partial charge in [-0.3, -0.25) is 9.59 Å². The summed E-state index contributed by atoms with van der Waals surface area (Å²) in [6, 6.07) is 13.9. The van der Waals surface area contributed by atoms with Gasteiger partial charge in [0.05, 0.1) is 6.04 Å². The van der Waals surface area contributed by atoms with Crippen LogP contribution in [0.3, 0.4) is 0 Å². The SMILES string of the molecule is O=C1CO[C@H](C(=O)NCCc2nc3ccccc3o2)[C@@H](c2ccccc2Cl)N1. The molecule has 4 rings (SSSR count). The van der Waals surface area contributed by atoms with Crippen LogP contribution in [0.25, 0.3) is 11.1 Å². The number of hydrogen-bond donors (Lipinski definition) is 2. The number of ether oxygens (including phenoxy) is 1. The lowest BCUT2D eigenvalue weighted by molar-refractivity contribution is -0.148. The lowest BCUT2D eigenvalue weighted by Gasteiger charge is -2.32. The highest BCUT2D eigenvalue weighted by Crippen LogP contribution is 2.28. The average molecular weight is 400 g/mol. The van der Waals surface area contributed by atoms with Gasteiger partial charge in [-0.2, -0.15) is 0 Å². The number of nitrogens with zero attached hydrogens (tertiary/aromatic N) is 1. The van der Waals surface area contributed by atoms with Crippen molar-refractivity contribution < 1.29 is 18.7 Å². The van der Waals surface area contributed by atoms with Crippen LogP contribution in [0, 0.1) is 0 Å². The fourth-order valence-electron chi connectivity index (χ4n) is 3.17. The van der Waals surface area contributed by atoms with E-state index in [1.807, 2.05) is 24.3 Å². The van der Waals surface area contributed by atoms with Crippen molar-refractivity contribution in [3.8, 4) is 0 Å². The van der Waals surface area contributed by atoms with Crippen LogP contribution in [-0.2, 0) is 20.7 Å².